The van der Waals surface area contributed by atoms with Crippen LogP contribution in [0.2, 0.25) is 0 Å². The van der Waals surface area contributed by atoms with Crippen LogP contribution in [-0.4, -0.2) is 0 Å². The summed E-state index contributed by atoms with van der Waals surface area (Å²) in [6.07, 6.45) is 9.72. The molecule has 0 heterocycles. The van der Waals surface area contributed by atoms with E-state index in [1.165, 1.54) is 55.4 Å². The van der Waals surface area contributed by atoms with E-state index in [0.717, 1.165) is 23.5 Å². The van der Waals surface area contributed by atoms with Gasteiger partial charge in [0.1, 0.15) is 11.9 Å². The number of hydrogen-bond donors (Lipinski definition) is 0. The third kappa shape index (κ3) is 5.79. The Morgan fingerprint density at radius 1 is 0.848 bits per heavy atom. The topological polar surface area (TPSA) is 23.8 Å². The van der Waals surface area contributed by atoms with E-state index < -0.39 is 5.82 Å². The maximum Gasteiger partial charge on any atom is 0.142 e. The van der Waals surface area contributed by atoms with Gasteiger partial charge in [-0.1, -0.05) is 54.3 Å². The van der Waals surface area contributed by atoms with Crippen molar-refractivity contribution in [3.8, 4) is 29.0 Å². The lowest BCUT2D eigenvalue weighted by atomic mass is 9.77. The molecule has 4 rings (SSSR count). The van der Waals surface area contributed by atoms with Gasteiger partial charge in [-0.2, -0.15) is 5.26 Å². The number of allylic oxidation sites excluding steroid dienone is 1. The Morgan fingerprint density at radius 3 is 2.06 bits per heavy atom. The second kappa shape index (κ2) is 10.8. The molecule has 0 radical (unpaired) electrons. The Hall–Kier alpha value is -3.62. The van der Waals surface area contributed by atoms with Crippen molar-refractivity contribution in [1.29, 1.82) is 5.26 Å². The fourth-order valence-corrected chi connectivity index (χ4v) is 4.66. The normalized spacial score (nSPS) is 17.5. The minimum absolute atomic E-state index is 0.0344. The summed E-state index contributed by atoms with van der Waals surface area (Å²) in [5.41, 5.74) is 5.27. The lowest BCUT2D eigenvalue weighted by Gasteiger charge is -2.28. The van der Waals surface area contributed by atoms with Gasteiger partial charge in [0.05, 0.1) is 5.56 Å². The van der Waals surface area contributed by atoms with E-state index in [4.69, 9.17) is 5.26 Å². The van der Waals surface area contributed by atoms with Gasteiger partial charge >= 0.3 is 0 Å². The smallest absolute Gasteiger partial charge is 0.142 e. The van der Waals surface area contributed by atoms with Gasteiger partial charge in [0.2, 0.25) is 0 Å². The fraction of sp³-hybridized carbons (Fsp3) is 0.258. The van der Waals surface area contributed by atoms with Gasteiger partial charge < -0.3 is 0 Å². The molecule has 3 aromatic rings. The summed E-state index contributed by atoms with van der Waals surface area (Å²) in [7, 11) is 0. The summed E-state index contributed by atoms with van der Waals surface area (Å²) in [5.74, 6) is 7.05. The Morgan fingerprint density at radius 2 is 1.45 bits per heavy atom. The standard InChI is InChI=1S/C31H28FN/c1-2-3-4-23-7-12-26(13-8-23)28-17-19-29(20-18-28)27-14-9-24(10-15-27)5-6-25-11-16-30(22-33)31(32)21-25/h2,9-11,14-21,23,26H,1,3-4,7-8,12-13H2/t23-,26-. The van der Waals surface area contributed by atoms with Crippen LogP contribution in [-0.2, 0) is 0 Å². The van der Waals surface area contributed by atoms with Crippen LogP contribution in [0.1, 0.15) is 66.7 Å². The SMILES string of the molecule is C=CCC[C@H]1CC[C@H](c2ccc(-c3ccc(C#Cc4ccc(C#N)c(F)c4)cc3)cc2)CC1. The molecule has 1 fully saturated rings. The maximum absolute atomic E-state index is 13.7. The van der Waals surface area contributed by atoms with E-state index in [1.54, 1.807) is 6.07 Å². The molecule has 3 aromatic carbocycles. The first kappa shape index (κ1) is 22.6. The Kier molecular flexibility index (Phi) is 7.39. The van der Waals surface area contributed by atoms with Gasteiger partial charge in [-0.3, -0.25) is 0 Å². The fourth-order valence-electron chi connectivity index (χ4n) is 4.66. The van der Waals surface area contributed by atoms with E-state index >= 15 is 0 Å². The van der Waals surface area contributed by atoms with Crippen LogP contribution >= 0.6 is 0 Å². The van der Waals surface area contributed by atoms with Crippen molar-refractivity contribution in [3.05, 3.63) is 107 Å². The molecular weight excluding hydrogens is 405 g/mol. The Bertz CT molecular complexity index is 1200. The van der Waals surface area contributed by atoms with Crippen molar-refractivity contribution in [1.82, 2.24) is 0 Å². The first-order chi connectivity index (χ1) is 16.2. The molecule has 0 spiro atoms. The van der Waals surface area contributed by atoms with Crippen molar-refractivity contribution in [2.75, 3.05) is 0 Å². The van der Waals surface area contributed by atoms with Crippen molar-refractivity contribution in [2.45, 2.75) is 44.4 Å². The zero-order valence-electron chi connectivity index (χ0n) is 18.9. The third-order valence-electron chi connectivity index (χ3n) is 6.67. The second-order valence-corrected chi connectivity index (χ2v) is 8.84. The molecule has 1 saturated carbocycles. The summed E-state index contributed by atoms with van der Waals surface area (Å²) in [6.45, 7) is 3.85. The van der Waals surface area contributed by atoms with E-state index in [-0.39, 0.29) is 5.56 Å². The van der Waals surface area contributed by atoms with Crippen LogP contribution in [0.25, 0.3) is 11.1 Å². The maximum atomic E-state index is 13.7. The van der Waals surface area contributed by atoms with Crippen LogP contribution < -0.4 is 0 Å². The van der Waals surface area contributed by atoms with E-state index in [2.05, 4.69) is 54.8 Å². The number of rotatable bonds is 5. The second-order valence-electron chi connectivity index (χ2n) is 8.84. The molecule has 0 amide bonds. The molecule has 0 atom stereocenters. The number of nitriles is 1. The molecule has 0 aliphatic heterocycles. The lowest BCUT2D eigenvalue weighted by Crippen LogP contribution is -2.13. The summed E-state index contributed by atoms with van der Waals surface area (Å²) in [6, 6.07) is 23.4. The molecule has 1 aliphatic carbocycles. The van der Waals surface area contributed by atoms with E-state index in [9.17, 15) is 4.39 Å². The summed E-state index contributed by atoms with van der Waals surface area (Å²) in [5, 5.41) is 8.83. The van der Waals surface area contributed by atoms with Gasteiger partial charge in [-0.15, -0.1) is 6.58 Å². The molecule has 0 saturated heterocycles. The van der Waals surface area contributed by atoms with Gasteiger partial charge in [0.25, 0.3) is 0 Å². The lowest BCUT2D eigenvalue weighted by molar-refractivity contribution is 0.312. The van der Waals surface area contributed by atoms with E-state index in [1.807, 2.05) is 24.3 Å². The molecule has 2 heteroatoms. The minimum Gasteiger partial charge on any atom is -0.206 e. The molecule has 1 nitrogen and oxygen atoms in total. The zero-order chi connectivity index (χ0) is 23.0. The van der Waals surface area contributed by atoms with Gasteiger partial charge in [-0.25, -0.2) is 4.39 Å². The molecule has 33 heavy (non-hydrogen) atoms. The molecule has 0 bridgehead atoms. The molecular formula is C31H28FN. The highest BCUT2D eigenvalue weighted by Crippen LogP contribution is 2.38. The molecule has 0 N–H and O–H groups in total. The zero-order valence-corrected chi connectivity index (χ0v) is 18.9. The highest BCUT2D eigenvalue weighted by Gasteiger charge is 2.21. The van der Waals surface area contributed by atoms with Crippen molar-refractivity contribution in [3.63, 3.8) is 0 Å². The van der Waals surface area contributed by atoms with Crippen LogP contribution in [0.4, 0.5) is 4.39 Å². The first-order valence-electron chi connectivity index (χ1n) is 11.7. The number of hydrogen-bond acceptors (Lipinski definition) is 1. The highest BCUT2D eigenvalue weighted by atomic mass is 19.1. The number of halogens is 1. The van der Waals surface area contributed by atoms with Crippen LogP contribution in [0.5, 0.6) is 0 Å². The molecule has 1 aliphatic rings. The Balaban J connectivity index is 1.38. The molecule has 164 valence electrons. The quantitative estimate of drug-likeness (QED) is 0.295. The minimum atomic E-state index is -0.538. The average molecular weight is 434 g/mol. The van der Waals surface area contributed by atoms with Gasteiger partial charge in [0, 0.05) is 11.1 Å². The monoisotopic (exact) mass is 433 g/mol. The summed E-state index contributed by atoms with van der Waals surface area (Å²) in [4.78, 5) is 0. The molecule has 0 unspecified atom stereocenters. The largest absolute Gasteiger partial charge is 0.206 e. The van der Waals surface area contributed by atoms with Gasteiger partial charge in [0.15, 0.2) is 0 Å². The van der Waals surface area contributed by atoms with Crippen LogP contribution in [0.15, 0.2) is 79.4 Å². The summed E-state index contributed by atoms with van der Waals surface area (Å²) >= 11 is 0. The van der Waals surface area contributed by atoms with Gasteiger partial charge in [-0.05, 0) is 97.4 Å². The van der Waals surface area contributed by atoms with Crippen LogP contribution in [0.3, 0.4) is 0 Å². The molecule has 0 aromatic heterocycles. The first-order valence-corrected chi connectivity index (χ1v) is 11.7. The van der Waals surface area contributed by atoms with Crippen molar-refractivity contribution < 1.29 is 4.39 Å². The van der Waals surface area contributed by atoms with Crippen LogP contribution in [0, 0.1) is 34.9 Å². The third-order valence-corrected chi connectivity index (χ3v) is 6.67. The predicted octanol–water partition coefficient (Wildman–Crippen LogP) is 8.00. The van der Waals surface area contributed by atoms with E-state index in [0.29, 0.717) is 11.5 Å². The summed E-state index contributed by atoms with van der Waals surface area (Å²) < 4.78 is 13.7. The number of nitrogens with zero attached hydrogens (tertiary/aromatic N) is 1. The van der Waals surface area contributed by atoms with Crippen molar-refractivity contribution >= 4 is 0 Å². The average Bonchev–Trinajstić information content (AvgIpc) is 2.87. The predicted molar refractivity (Wildman–Crippen MR) is 133 cm³/mol. The number of benzene rings is 3. The van der Waals surface area contributed by atoms with Crippen molar-refractivity contribution in [2.24, 2.45) is 5.92 Å². The Labute approximate surface area is 196 Å². The highest BCUT2D eigenvalue weighted by molar-refractivity contribution is 5.65.